The summed E-state index contributed by atoms with van der Waals surface area (Å²) in [4.78, 5) is 1.66. The van der Waals surface area contributed by atoms with Gasteiger partial charge in [0.1, 0.15) is 0 Å². The fourth-order valence-electron chi connectivity index (χ4n) is 7.28. The third-order valence-corrected chi connectivity index (χ3v) is 10.2. The van der Waals surface area contributed by atoms with Crippen molar-refractivity contribution in [2.24, 2.45) is 0 Å². The molecular weight excluding hydrogens is 687 g/mol. The Morgan fingerprint density at radius 1 is 0.281 bits per heavy atom. The maximum absolute atomic E-state index is 9.55. The van der Waals surface area contributed by atoms with Crippen LogP contribution in [0.4, 0.5) is 17.1 Å². The van der Waals surface area contributed by atoms with Crippen LogP contribution in [0.25, 0.3) is 77.2 Å². The molecule has 0 saturated heterocycles. The second kappa shape index (κ2) is 15.0. The van der Waals surface area contributed by atoms with E-state index in [1.54, 1.807) is 4.90 Å². The Hall–Kier alpha value is -7.48. The summed E-state index contributed by atoms with van der Waals surface area (Å²) >= 11 is 0. The molecule has 10 aromatic carbocycles. The van der Waals surface area contributed by atoms with E-state index in [1.807, 2.05) is 103 Å². The van der Waals surface area contributed by atoms with Crippen molar-refractivity contribution in [3.05, 3.63) is 236 Å². The van der Waals surface area contributed by atoms with Crippen LogP contribution in [0, 0.1) is 0 Å². The summed E-state index contributed by atoms with van der Waals surface area (Å²) in [6, 6.07) is 49.9. The molecule has 0 bridgehead atoms. The monoisotopic (exact) mass is 736 g/mol. The van der Waals surface area contributed by atoms with E-state index in [1.165, 1.54) is 0 Å². The van der Waals surface area contributed by atoms with E-state index in [0.717, 1.165) is 55.3 Å². The van der Waals surface area contributed by atoms with Gasteiger partial charge < -0.3 is 4.90 Å². The standard InChI is InChI=1S/C56H39N/c1-3-13-45(14-4-1)55-36-29-51(39-56(55)46-15-5-2-6-16-46)44-27-34-54(35-28-44)57(52-30-23-42(24-31-52)49-21-19-40-11-7-9-17-47(40)37-49)53-32-25-43(26-33-53)50-22-20-41-12-8-10-18-48(41)38-50/h1-39H/i7D,9D,11D,17D,19D,21D,23D,24D,30D,31D,37D. The van der Waals surface area contributed by atoms with Gasteiger partial charge in [0.15, 0.2) is 0 Å². The van der Waals surface area contributed by atoms with Crippen LogP contribution >= 0.6 is 0 Å². The summed E-state index contributed by atoms with van der Waals surface area (Å²) in [5.41, 5.74) is 8.19. The highest BCUT2D eigenvalue weighted by atomic mass is 15.1. The van der Waals surface area contributed by atoms with Crippen LogP contribution in [0.3, 0.4) is 0 Å². The minimum atomic E-state index is -0.648. The first-order valence-electron chi connectivity index (χ1n) is 24.2. The van der Waals surface area contributed by atoms with Gasteiger partial charge in [0.05, 0.1) is 15.1 Å². The Balaban J connectivity index is 1.13. The van der Waals surface area contributed by atoms with Gasteiger partial charge in [-0.3, -0.25) is 0 Å². The lowest BCUT2D eigenvalue weighted by Crippen LogP contribution is -2.09. The number of hydrogen-bond acceptors (Lipinski definition) is 1. The SMILES string of the molecule is [2H]c1c([2H])c(N(c2ccc(-c3ccc(-c4ccccc4)c(-c4ccccc4)c3)cc2)c2ccc(-c3ccc4ccccc4c3)cc2)c([2H])c([2H])c1-c1c([2H])c([2H])c2c([2H])c([2H])c([2H])c([2H])c2c1[2H]. The molecule has 0 spiro atoms. The summed E-state index contributed by atoms with van der Waals surface area (Å²) in [6.07, 6.45) is 0. The molecule has 10 rings (SSSR count). The fraction of sp³-hybridized carbons (Fsp3) is 0. The van der Waals surface area contributed by atoms with Crippen LogP contribution in [-0.4, -0.2) is 0 Å². The second-order valence-corrected chi connectivity index (χ2v) is 13.7. The molecule has 0 heterocycles. The zero-order chi connectivity index (χ0) is 47.5. The van der Waals surface area contributed by atoms with E-state index in [2.05, 4.69) is 66.7 Å². The molecule has 0 radical (unpaired) electrons. The summed E-state index contributed by atoms with van der Waals surface area (Å²) < 4.78 is 98.4. The molecule has 57 heavy (non-hydrogen) atoms. The summed E-state index contributed by atoms with van der Waals surface area (Å²) in [7, 11) is 0. The Morgan fingerprint density at radius 2 is 0.807 bits per heavy atom. The van der Waals surface area contributed by atoms with E-state index >= 15 is 0 Å². The van der Waals surface area contributed by atoms with Gasteiger partial charge in [-0.05, 0) is 132 Å². The minimum Gasteiger partial charge on any atom is -0.311 e. The van der Waals surface area contributed by atoms with E-state index < -0.39 is 77.6 Å². The maximum Gasteiger partial charge on any atom is 0.0645 e. The summed E-state index contributed by atoms with van der Waals surface area (Å²) in [5.74, 6) is 0. The highest BCUT2D eigenvalue weighted by Gasteiger charge is 2.15. The molecule has 0 aromatic heterocycles. The van der Waals surface area contributed by atoms with E-state index in [4.69, 9.17) is 9.60 Å². The van der Waals surface area contributed by atoms with Crippen LogP contribution in [0.5, 0.6) is 0 Å². The van der Waals surface area contributed by atoms with Gasteiger partial charge in [0.2, 0.25) is 0 Å². The van der Waals surface area contributed by atoms with Gasteiger partial charge in [-0.15, -0.1) is 0 Å². The quantitative estimate of drug-likeness (QED) is 0.150. The fourth-order valence-corrected chi connectivity index (χ4v) is 7.28. The number of fused-ring (bicyclic) bond motifs is 2. The lowest BCUT2D eigenvalue weighted by Gasteiger charge is -2.26. The molecule has 0 aliphatic carbocycles. The molecule has 0 atom stereocenters. The highest BCUT2D eigenvalue weighted by molar-refractivity contribution is 5.91. The van der Waals surface area contributed by atoms with Gasteiger partial charge in [-0.25, -0.2) is 0 Å². The molecule has 0 aliphatic rings. The molecular formula is C56H39N. The Bertz CT molecular complexity index is 3590. The first-order chi connectivity index (χ1) is 32.8. The third-order valence-electron chi connectivity index (χ3n) is 10.2. The van der Waals surface area contributed by atoms with Crippen molar-refractivity contribution in [1.82, 2.24) is 0 Å². The molecule has 10 aromatic rings. The molecule has 0 unspecified atom stereocenters. The largest absolute Gasteiger partial charge is 0.311 e. The van der Waals surface area contributed by atoms with Crippen molar-refractivity contribution < 1.29 is 15.1 Å². The zero-order valence-corrected chi connectivity index (χ0v) is 30.6. The average Bonchev–Trinajstić information content (AvgIpc) is 3.38. The third kappa shape index (κ3) is 6.88. The maximum atomic E-state index is 9.55. The van der Waals surface area contributed by atoms with Crippen molar-refractivity contribution in [3.63, 3.8) is 0 Å². The number of nitrogens with zero attached hydrogens (tertiary/aromatic N) is 1. The van der Waals surface area contributed by atoms with Crippen molar-refractivity contribution in [2.45, 2.75) is 0 Å². The lowest BCUT2D eigenvalue weighted by atomic mass is 9.91. The molecule has 1 nitrogen and oxygen atoms in total. The molecule has 1 heteroatoms. The van der Waals surface area contributed by atoms with E-state index in [0.29, 0.717) is 11.4 Å². The number of anilines is 3. The van der Waals surface area contributed by atoms with Crippen molar-refractivity contribution >= 4 is 38.6 Å². The summed E-state index contributed by atoms with van der Waals surface area (Å²) in [6.45, 7) is 0. The smallest absolute Gasteiger partial charge is 0.0645 e. The number of benzene rings is 10. The number of hydrogen-bond donors (Lipinski definition) is 0. The van der Waals surface area contributed by atoms with Gasteiger partial charge in [-0.2, -0.15) is 0 Å². The molecule has 0 aliphatic heterocycles. The van der Waals surface area contributed by atoms with Gasteiger partial charge in [0, 0.05) is 17.1 Å². The predicted octanol–water partition coefficient (Wildman–Crippen LogP) is 15.8. The van der Waals surface area contributed by atoms with Crippen LogP contribution in [0.2, 0.25) is 0 Å². The van der Waals surface area contributed by atoms with Crippen molar-refractivity contribution in [2.75, 3.05) is 4.90 Å². The first-order valence-corrected chi connectivity index (χ1v) is 18.7. The molecule has 0 saturated carbocycles. The van der Waals surface area contributed by atoms with Crippen LogP contribution in [-0.2, 0) is 0 Å². The van der Waals surface area contributed by atoms with Gasteiger partial charge in [-0.1, -0.05) is 182 Å². The highest BCUT2D eigenvalue weighted by Crippen LogP contribution is 2.40. The lowest BCUT2D eigenvalue weighted by molar-refractivity contribution is 1.28. The van der Waals surface area contributed by atoms with Crippen molar-refractivity contribution in [3.8, 4) is 55.6 Å². The molecule has 0 fully saturated rings. The van der Waals surface area contributed by atoms with E-state index in [9.17, 15) is 5.48 Å². The average molecular weight is 737 g/mol. The first kappa shape index (κ1) is 24.1. The minimum absolute atomic E-state index is 0.0969. The zero-order valence-electron chi connectivity index (χ0n) is 41.6. The van der Waals surface area contributed by atoms with Crippen LogP contribution < -0.4 is 4.90 Å². The number of rotatable bonds is 8. The molecule has 0 amide bonds. The second-order valence-electron chi connectivity index (χ2n) is 13.7. The van der Waals surface area contributed by atoms with Crippen LogP contribution in [0.15, 0.2) is 236 Å². The predicted molar refractivity (Wildman–Crippen MR) is 243 cm³/mol. The van der Waals surface area contributed by atoms with Crippen molar-refractivity contribution in [1.29, 1.82) is 0 Å². The summed E-state index contributed by atoms with van der Waals surface area (Å²) in [5, 5.41) is 1.53. The molecule has 0 N–H and O–H groups in total. The topological polar surface area (TPSA) is 3.24 Å². The molecule has 268 valence electrons. The normalized spacial score (nSPS) is 13.9. The Labute approximate surface area is 349 Å². The Kier molecular flexibility index (Phi) is 6.34. The van der Waals surface area contributed by atoms with Crippen LogP contribution in [0.1, 0.15) is 15.1 Å². The van der Waals surface area contributed by atoms with E-state index in [-0.39, 0.29) is 16.5 Å². The van der Waals surface area contributed by atoms with Gasteiger partial charge >= 0.3 is 0 Å². The Morgan fingerprint density at radius 3 is 1.47 bits per heavy atom. The van der Waals surface area contributed by atoms with Gasteiger partial charge in [0.25, 0.3) is 0 Å².